The molecule has 0 aliphatic carbocycles. The van der Waals surface area contributed by atoms with Gasteiger partial charge in [0.05, 0.1) is 6.04 Å². The number of benzene rings is 1. The van der Waals surface area contributed by atoms with E-state index in [4.69, 9.17) is 4.42 Å². The molecule has 0 saturated carbocycles. The molecule has 0 aliphatic heterocycles. The first kappa shape index (κ1) is 10.8. The average molecular weight is 221 g/mol. The average Bonchev–Trinajstić information content (AvgIpc) is 2.77. The standard InChI is InChI=1S/C11H12FN3O/c1-7(13-2)10-14-15-11(16-10)8-4-3-5-9(12)6-8/h3-7,13H,1-2H3. The molecular weight excluding hydrogens is 209 g/mol. The summed E-state index contributed by atoms with van der Waals surface area (Å²) in [6.07, 6.45) is 0. The third-order valence-corrected chi connectivity index (χ3v) is 2.32. The van der Waals surface area contributed by atoms with Crippen LogP contribution in [-0.2, 0) is 0 Å². The van der Waals surface area contributed by atoms with Gasteiger partial charge in [-0.2, -0.15) is 0 Å². The molecule has 1 heterocycles. The van der Waals surface area contributed by atoms with Gasteiger partial charge in [-0.1, -0.05) is 6.07 Å². The van der Waals surface area contributed by atoms with Crippen molar-refractivity contribution in [2.75, 3.05) is 7.05 Å². The number of rotatable bonds is 3. The molecule has 1 atom stereocenters. The highest BCUT2D eigenvalue weighted by molar-refractivity contribution is 5.52. The van der Waals surface area contributed by atoms with Crippen LogP contribution in [0.3, 0.4) is 0 Å². The van der Waals surface area contributed by atoms with Gasteiger partial charge < -0.3 is 9.73 Å². The number of halogens is 1. The van der Waals surface area contributed by atoms with Crippen LogP contribution in [0, 0.1) is 5.82 Å². The van der Waals surface area contributed by atoms with Crippen molar-refractivity contribution in [2.24, 2.45) is 0 Å². The summed E-state index contributed by atoms with van der Waals surface area (Å²) in [7, 11) is 1.80. The van der Waals surface area contributed by atoms with Crippen LogP contribution >= 0.6 is 0 Å². The van der Waals surface area contributed by atoms with Crippen LogP contribution < -0.4 is 5.32 Å². The molecule has 1 unspecified atom stereocenters. The van der Waals surface area contributed by atoms with Crippen LogP contribution in [0.5, 0.6) is 0 Å². The van der Waals surface area contributed by atoms with Gasteiger partial charge in [-0.15, -0.1) is 10.2 Å². The molecule has 84 valence electrons. The smallest absolute Gasteiger partial charge is 0.247 e. The third-order valence-electron chi connectivity index (χ3n) is 2.32. The van der Waals surface area contributed by atoms with E-state index in [0.717, 1.165) is 0 Å². The molecule has 16 heavy (non-hydrogen) atoms. The molecule has 1 aromatic heterocycles. The lowest BCUT2D eigenvalue weighted by Gasteiger charge is -2.02. The number of hydrogen-bond acceptors (Lipinski definition) is 4. The Morgan fingerprint density at radius 1 is 1.38 bits per heavy atom. The summed E-state index contributed by atoms with van der Waals surface area (Å²) in [6.45, 7) is 1.91. The molecule has 1 aromatic carbocycles. The van der Waals surface area contributed by atoms with Crippen molar-refractivity contribution < 1.29 is 8.81 Å². The van der Waals surface area contributed by atoms with Gasteiger partial charge in [-0.25, -0.2) is 4.39 Å². The van der Waals surface area contributed by atoms with Gasteiger partial charge in [0.1, 0.15) is 5.82 Å². The fourth-order valence-corrected chi connectivity index (χ4v) is 1.27. The molecule has 0 radical (unpaired) electrons. The van der Waals surface area contributed by atoms with Gasteiger partial charge in [0.25, 0.3) is 0 Å². The Kier molecular flexibility index (Phi) is 2.96. The largest absolute Gasteiger partial charge is 0.419 e. The normalized spacial score (nSPS) is 12.7. The molecule has 1 N–H and O–H groups in total. The minimum atomic E-state index is -0.320. The van der Waals surface area contributed by atoms with E-state index >= 15 is 0 Å². The second kappa shape index (κ2) is 4.40. The summed E-state index contributed by atoms with van der Waals surface area (Å²) in [5.41, 5.74) is 0.585. The topological polar surface area (TPSA) is 51.0 Å². The van der Waals surface area contributed by atoms with Crippen LogP contribution in [0.25, 0.3) is 11.5 Å². The van der Waals surface area contributed by atoms with E-state index in [-0.39, 0.29) is 11.9 Å². The molecule has 4 nitrogen and oxygen atoms in total. The Hall–Kier alpha value is -1.75. The van der Waals surface area contributed by atoms with Crippen molar-refractivity contribution in [3.63, 3.8) is 0 Å². The first-order chi connectivity index (χ1) is 7.70. The maximum absolute atomic E-state index is 13.0. The first-order valence-corrected chi connectivity index (χ1v) is 4.97. The monoisotopic (exact) mass is 221 g/mol. The second-order valence-corrected chi connectivity index (χ2v) is 3.47. The van der Waals surface area contributed by atoms with Crippen molar-refractivity contribution in [1.29, 1.82) is 0 Å². The molecule has 0 fully saturated rings. The first-order valence-electron chi connectivity index (χ1n) is 4.97. The van der Waals surface area contributed by atoms with Gasteiger partial charge in [0, 0.05) is 5.56 Å². The van der Waals surface area contributed by atoms with Crippen LogP contribution in [0.1, 0.15) is 18.9 Å². The van der Waals surface area contributed by atoms with Crippen molar-refractivity contribution >= 4 is 0 Å². The van der Waals surface area contributed by atoms with E-state index in [0.29, 0.717) is 17.3 Å². The number of nitrogens with one attached hydrogen (secondary N) is 1. The van der Waals surface area contributed by atoms with Gasteiger partial charge in [-0.3, -0.25) is 0 Å². The maximum Gasteiger partial charge on any atom is 0.247 e. The van der Waals surface area contributed by atoms with E-state index in [9.17, 15) is 4.39 Å². The van der Waals surface area contributed by atoms with E-state index in [2.05, 4.69) is 15.5 Å². The predicted molar refractivity (Wildman–Crippen MR) is 57.2 cm³/mol. The van der Waals surface area contributed by atoms with E-state index in [1.807, 2.05) is 6.92 Å². The number of aromatic nitrogens is 2. The Balaban J connectivity index is 2.31. The second-order valence-electron chi connectivity index (χ2n) is 3.47. The lowest BCUT2D eigenvalue weighted by Crippen LogP contribution is -2.12. The summed E-state index contributed by atoms with van der Waals surface area (Å²) >= 11 is 0. The Morgan fingerprint density at radius 2 is 2.19 bits per heavy atom. The lowest BCUT2D eigenvalue weighted by atomic mass is 10.2. The fraction of sp³-hybridized carbons (Fsp3) is 0.273. The molecule has 2 rings (SSSR count). The Bertz CT molecular complexity index is 484. The fourth-order valence-electron chi connectivity index (χ4n) is 1.27. The minimum absolute atomic E-state index is 0.0187. The van der Waals surface area contributed by atoms with E-state index < -0.39 is 0 Å². The maximum atomic E-state index is 13.0. The van der Waals surface area contributed by atoms with Crippen molar-refractivity contribution in [3.8, 4) is 11.5 Å². The van der Waals surface area contributed by atoms with Crippen LogP contribution in [-0.4, -0.2) is 17.2 Å². The number of nitrogens with zero attached hydrogens (tertiary/aromatic N) is 2. The molecule has 0 saturated heterocycles. The summed E-state index contributed by atoms with van der Waals surface area (Å²) in [6, 6.07) is 6.05. The minimum Gasteiger partial charge on any atom is -0.419 e. The van der Waals surface area contributed by atoms with Crippen LogP contribution in [0.15, 0.2) is 28.7 Å². The SMILES string of the molecule is CNC(C)c1nnc(-c2cccc(F)c2)o1. The van der Waals surface area contributed by atoms with Gasteiger partial charge in [0.2, 0.25) is 11.8 Å². The Morgan fingerprint density at radius 3 is 2.88 bits per heavy atom. The van der Waals surface area contributed by atoms with Crippen molar-refractivity contribution in [2.45, 2.75) is 13.0 Å². The summed E-state index contributed by atoms with van der Waals surface area (Å²) in [5, 5.41) is 10.8. The highest BCUT2D eigenvalue weighted by Gasteiger charge is 2.13. The molecule has 0 aliphatic rings. The summed E-state index contributed by atoms with van der Waals surface area (Å²) in [4.78, 5) is 0. The van der Waals surface area contributed by atoms with Crippen LogP contribution in [0.4, 0.5) is 4.39 Å². The predicted octanol–water partition coefficient (Wildman–Crippen LogP) is 2.16. The zero-order valence-corrected chi connectivity index (χ0v) is 9.07. The third kappa shape index (κ3) is 2.09. The van der Waals surface area contributed by atoms with E-state index in [1.54, 1.807) is 19.2 Å². The van der Waals surface area contributed by atoms with Gasteiger partial charge >= 0.3 is 0 Å². The molecule has 0 amide bonds. The zero-order chi connectivity index (χ0) is 11.5. The van der Waals surface area contributed by atoms with Crippen molar-refractivity contribution in [1.82, 2.24) is 15.5 Å². The molecule has 0 spiro atoms. The zero-order valence-electron chi connectivity index (χ0n) is 9.07. The molecule has 0 bridgehead atoms. The highest BCUT2D eigenvalue weighted by Crippen LogP contribution is 2.20. The van der Waals surface area contributed by atoms with E-state index in [1.165, 1.54) is 12.1 Å². The summed E-state index contributed by atoms with van der Waals surface area (Å²) < 4.78 is 18.4. The molecular formula is C11H12FN3O. The lowest BCUT2D eigenvalue weighted by molar-refractivity contribution is 0.441. The van der Waals surface area contributed by atoms with Gasteiger partial charge in [-0.05, 0) is 32.2 Å². The van der Waals surface area contributed by atoms with Crippen molar-refractivity contribution in [3.05, 3.63) is 36.0 Å². The molecule has 2 aromatic rings. The Labute approximate surface area is 92.5 Å². The van der Waals surface area contributed by atoms with Crippen LogP contribution in [0.2, 0.25) is 0 Å². The highest BCUT2D eigenvalue weighted by atomic mass is 19.1. The number of hydrogen-bond donors (Lipinski definition) is 1. The molecule has 5 heteroatoms. The summed E-state index contributed by atoms with van der Waals surface area (Å²) in [5.74, 6) is 0.497. The van der Waals surface area contributed by atoms with Gasteiger partial charge in [0.15, 0.2) is 0 Å². The quantitative estimate of drug-likeness (QED) is 0.862.